The SMILES string of the molecule is Cc1cn2nc(OCC3CCN(C(=O)c4ccccc4C)CC3)ccc2n1. The average molecular weight is 364 g/mol. The number of rotatable bonds is 4. The quantitative estimate of drug-likeness (QED) is 0.713. The van der Waals surface area contributed by atoms with E-state index in [-0.39, 0.29) is 5.91 Å². The third-order valence-corrected chi connectivity index (χ3v) is 5.16. The fourth-order valence-corrected chi connectivity index (χ4v) is 3.55. The molecule has 1 aliphatic heterocycles. The minimum atomic E-state index is 0.134. The Morgan fingerprint density at radius 3 is 2.70 bits per heavy atom. The van der Waals surface area contributed by atoms with Gasteiger partial charge in [-0.25, -0.2) is 9.50 Å². The van der Waals surface area contributed by atoms with Crippen molar-refractivity contribution in [1.82, 2.24) is 19.5 Å². The van der Waals surface area contributed by atoms with Crippen LogP contribution >= 0.6 is 0 Å². The Balaban J connectivity index is 1.31. The van der Waals surface area contributed by atoms with Gasteiger partial charge in [-0.05, 0) is 50.3 Å². The van der Waals surface area contributed by atoms with Crippen LogP contribution in [0.1, 0.15) is 34.5 Å². The van der Waals surface area contributed by atoms with Crippen molar-refractivity contribution in [2.24, 2.45) is 5.92 Å². The summed E-state index contributed by atoms with van der Waals surface area (Å²) in [6.45, 7) is 6.10. The molecule has 0 aliphatic carbocycles. The summed E-state index contributed by atoms with van der Waals surface area (Å²) in [5.41, 5.74) is 3.60. The lowest BCUT2D eigenvalue weighted by Crippen LogP contribution is -2.40. The molecule has 1 saturated heterocycles. The number of aromatic nitrogens is 3. The maximum atomic E-state index is 12.7. The van der Waals surface area contributed by atoms with Crippen molar-refractivity contribution in [2.45, 2.75) is 26.7 Å². The Kier molecular flexibility index (Phi) is 4.79. The van der Waals surface area contributed by atoms with E-state index in [1.54, 1.807) is 4.52 Å². The highest BCUT2D eigenvalue weighted by atomic mass is 16.5. The standard InChI is InChI=1S/C21H24N4O2/c1-15-5-3-4-6-18(15)21(26)24-11-9-17(10-12-24)14-27-20-8-7-19-22-16(2)13-25(19)23-20/h3-8,13,17H,9-12,14H2,1-2H3. The maximum absolute atomic E-state index is 12.7. The maximum Gasteiger partial charge on any atom is 0.254 e. The second-order valence-electron chi connectivity index (χ2n) is 7.22. The Morgan fingerprint density at radius 2 is 1.93 bits per heavy atom. The summed E-state index contributed by atoms with van der Waals surface area (Å²) in [5, 5.41) is 4.44. The molecular formula is C21H24N4O2. The fourth-order valence-electron chi connectivity index (χ4n) is 3.55. The van der Waals surface area contributed by atoms with Gasteiger partial charge >= 0.3 is 0 Å². The van der Waals surface area contributed by atoms with Gasteiger partial charge in [-0.1, -0.05) is 18.2 Å². The number of likely N-dealkylation sites (tertiary alicyclic amines) is 1. The molecule has 0 N–H and O–H groups in total. The molecular weight excluding hydrogens is 340 g/mol. The van der Waals surface area contributed by atoms with Gasteiger partial charge in [-0.3, -0.25) is 4.79 Å². The van der Waals surface area contributed by atoms with Crippen molar-refractivity contribution in [1.29, 1.82) is 0 Å². The lowest BCUT2D eigenvalue weighted by atomic mass is 9.96. The van der Waals surface area contributed by atoms with Crippen LogP contribution in [0.5, 0.6) is 5.88 Å². The van der Waals surface area contributed by atoms with Crippen molar-refractivity contribution in [2.75, 3.05) is 19.7 Å². The largest absolute Gasteiger partial charge is 0.476 e. The van der Waals surface area contributed by atoms with E-state index < -0.39 is 0 Å². The molecule has 2 aromatic heterocycles. The molecule has 6 nitrogen and oxygen atoms in total. The van der Waals surface area contributed by atoms with Crippen LogP contribution in [-0.4, -0.2) is 45.1 Å². The number of amides is 1. The van der Waals surface area contributed by atoms with Gasteiger partial charge in [-0.15, -0.1) is 5.10 Å². The Labute approximate surface area is 158 Å². The first kappa shape index (κ1) is 17.5. The number of piperidine rings is 1. The molecule has 1 amide bonds. The molecule has 0 saturated carbocycles. The number of ether oxygens (including phenoxy) is 1. The molecule has 1 aromatic carbocycles. The first-order chi connectivity index (χ1) is 13.1. The second kappa shape index (κ2) is 7.39. The lowest BCUT2D eigenvalue weighted by molar-refractivity contribution is 0.0658. The number of fused-ring (bicyclic) bond motifs is 1. The highest BCUT2D eigenvalue weighted by Gasteiger charge is 2.24. The van der Waals surface area contributed by atoms with Gasteiger partial charge in [0.05, 0.1) is 18.5 Å². The van der Waals surface area contributed by atoms with Gasteiger partial charge in [-0.2, -0.15) is 0 Å². The first-order valence-corrected chi connectivity index (χ1v) is 9.41. The summed E-state index contributed by atoms with van der Waals surface area (Å²) >= 11 is 0. The van der Waals surface area contributed by atoms with Crippen molar-refractivity contribution < 1.29 is 9.53 Å². The van der Waals surface area contributed by atoms with E-state index in [4.69, 9.17) is 4.74 Å². The van der Waals surface area contributed by atoms with Crippen LogP contribution in [0.2, 0.25) is 0 Å². The minimum Gasteiger partial charge on any atom is -0.476 e. The van der Waals surface area contributed by atoms with Gasteiger partial charge in [0.1, 0.15) is 0 Å². The van der Waals surface area contributed by atoms with Gasteiger partial charge in [0.2, 0.25) is 5.88 Å². The molecule has 0 radical (unpaired) electrons. The van der Waals surface area contributed by atoms with E-state index >= 15 is 0 Å². The van der Waals surface area contributed by atoms with Gasteiger partial charge < -0.3 is 9.64 Å². The molecule has 0 bridgehead atoms. The molecule has 0 unspecified atom stereocenters. The van der Waals surface area contributed by atoms with Crippen LogP contribution in [-0.2, 0) is 0 Å². The summed E-state index contributed by atoms with van der Waals surface area (Å²) in [7, 11) is 0. The fraction of sp³-hybridized carbons (Fsp3) is 0.381. The summed E-state index contributed by atoms with van der Waals surface area (Å²) in [4.78, 5) is 19.0. The van der Waals surface area contributed by atoms with Crippen molar-refractivity contribution >= 4 is 11.6 Å². The summed E-state index contributed by atoms with van der Waals surface area (Å²) in [5.74, 6) is 1.18. The number of hydrogen-bond donors (Lipinski definition) is 0. The van der Waals surface area contributed by atoms with Crippen LogP contribution in [0, 0.1) is 19.8 Å². The Hall–Kier alpha value is -2.89. The van der Waals surface area contributed by atoms with Crippen molar-refractivity contribution in [3.05, 3.63) is 59.4 Å². The Bertz CT molecular complexity index is 958. The number of hydrogen-bond acceptors (Lipinski definition) is 4. The number of carbonyl (C=O) groups is 1. The minimum absolute atomic E-state index is 0.134. The highest BCUT2D eigenvalue weighted by molar-refractivity contribution is 5.95. The Morgan fingerprint density at radius 1 is 1.15 bits per heavy atom. The number of imidazole rings is 1. The molecule has 140 valence electrons. The third kappa shape index (κ3) is 3.79. The zero-order valence-electron chi connectivity index (χ0n) is 15.8. The molecule has 27 heavy (non-hydrogen) atoms. The normalized spacial score (nSPS) is 15.3. The van der Waals surface area contributed by atoms with Crippen LogP contribution in [0.25, 0.3) is 5.65 Å². The topological polar surface area (TPSA) is 59.7 Å². The van der Waals surface area contributed by atoms with Gasteiger partial charge in [0, 0.05) is 24.7 Å². The summed E-state index contributed by atoms with van der Waals surface area (Å²) < 4.78 is 7.64. The zero-order valence-corrected chi connectivity index (χ0v) is 15.8. The number of benzene rings is 1. The van der Waals surface area contributed by atoms with Crippen molar-refractivity contribution in [3.8, 4) is 5.88 Å². The third-order valence-electron chi connectivity index (χ3n) is 5.16. The molecule has 6 heteroatoms. The number of aryl methyl sites for hydroxylation is 2. The van der Waals surface area contributed by atoms with E-state index in [9.17, 15) is 4.79 Å². The van der Waals surface area contributed by atoms with Gasteiger partial charge in [0.25, 0.3) is 5.91 Å². The molecule has 3 heterocycles. The molecule has 1 fully saturated rings. The van der Waals surface area contributed by atoms with E-state index in [1.165, 1.54) is 0 Å². The smallest absolute Gasteiger partial charge is 0.254 e. The van der Waals surface area contributed by atoms with Gasteiger partial charge in [0.15, 0.2) is 5.65 Å². The van der Waals surface area contributed by atoms with Crippen LogP contribution in [0.4, 0.5) is 0 Å². The number of nitrogens with zero attached hydrogens (tertiary/aromatic N) is 4. The average Bonchev–Trinajstić information content (AvgIpc) is 3.06. The molecule has 1 aliphatic rings. The predicted octanol–water partition coefficient (Wildman–Crippen LogP) is 3.28. The van der Waals surface area contributed by atoms with E-state index in [0.717, 1.165) is 48.4 Å². The second-order valence-corrected chi connectivity index (χ2v) is 7.22. The predicted molar refractivity (Wildman–Crippen MR) is 103 cm³/mol. The van der Waals surface area contributed by atoms with E-state index in [0.29, 0.717) is 18.4 Å². The highest BCUT2D eigenvalue weighted by Crippen LogP contribution is 2.21. The summed E-state index contributed by atoms with van der Waals surface area (Å²) in [6, 6.07) is 11.6. The van der Waals surface area contributed by atoms with Crippen LogP contribution in [0.15, 0.2) is 42.6 Å². The molecule has 3 aromatic rings. The first-order valence-electron chi connectivity index (χ1n) is 9.41. The van der Waals surface area contributed by atoms with E-state index in [1.807, 2.05) is 61.3 Å². The molecule has 0 spiro atoms. The monoisotopic (exact) mass is 364 g/mol. The zero-order chi connectivity index (χ0) is 18.8. The van der Waals surface area contributed by atoms with E-state index in [2.05, 4.69) is 10.1 Å². The lowest BCUT2D eigenvalue weighted by Gasteiger charge is -2.32. The number of carbonyl (C=O) groups excluding carboxylic acids is 1. The molecule has 4 rings (SSSR count). The summed E-state index contributed by atoms with van der Waals surface area (Å²) in [6.07, 6.45) is 3.78. The van der Waals surface area contributed by atoms with Crippen LogP contribution in [0.3, 0.4) is 0 Å². The van der Waals surface area contributed by atoms with Crippen LogP contribution < -0.4 is 4.74 Å². The molecule has 0 atom stereocenters. The van der Waals surface area contributed by atoms with Crippen molar-refractivity contribution in [3.63, 3.8) is 0 Å².